The van der Waals surface area contributed by atoms with E-state index in [1.54, 1.807) is 0 Å². The van der Waals surface area contributed by atoms with E-state index in [1.807, 2.05) is 18.2 Å². The van der Waals surface area contributed by atoms with Gasteiger partial charge >= 0.3 is 0 Å². The Morgan fingerprint density at radius 2 is 1.64 bits per heavy atom. The van der Waals surface area contributed by atoms with Crippen LogP contribution in [0.1, 0.15) is 38.2 Å². The van der Waals surface area contributed by atoms with Crippen LogP contribution >= 0.6 is 0 Å². The molecule has 0 bridgehead atoms. The van der Waals surface area contributed by atoms with Gasteiger partial charge in [0.1, 0.15) is 11.5 Å². The van der Waals surface area contributed by atoms with Gasteiger partial charge in [0.25, 0.3) is 0 Å². The Morgan fingerprint density at radius 1 is 1.00 bits per heavy atom. The second kappa shape index (κ2) is 11.3. The summed E-state index contributed by atoms with van der Waals surface area (Å²) in [5.74, 6) is 1.79. The van der Waals surface area contributed by atoms with Crippen molar-refractivity contribution in [2.75, 3.05) is 40.5 Å². The highest BCUT2D eigenvalue weighted by molar-refractivity contribution is 5.45. The number of rotatable bonds is 12. The number of benzene rings is 1. The molecule has 1 N–H and O–H groups in total. The lowest BCUT2D eigenvalue weighted by Crippen LogP contribution is -2.16. The summed E-state index contributed by atoms with van der Waals surface area (Å²) >= 11 is 0. The highest BCUT2D eigenvalue weighted by Gasteiger charge is 2.11. The lowest BCUT2D eigenvalue weighted by Gasteiger charge is -2.17. The number of hydrogen-bond acceptors (Lipinski definition) is 4. The van der Waals surface area contributed by atoms with Gasteiger partial charge in [0.05, 0.1) is 13.2 Å². The first-order valence-corrected chi connectivity index (χ1v) is 8.32. The molecule has 0 fully saturated rings. The molecule has 22 heavy (non-hydrogen) atoms. The van der Waals surface area contributed by atoms with Crippen LogP contribution in [0.4, 0.5) is 0 Å². The van der Waals surface area contributed by atoms with Gasteiger partial charge in [-0.3, -0.25) is 0 Å². The van der Waals surface area contributed by atoms with Crippen molar-refractivity contribution in [2.45, 2.75) is 39.0 Å². The van der Waals surface area contributed by atoms with Crippen LogP contribution in [0.3, 0.4) is 0 Å². The first-order valence-electron chi connectivity index (χ1n) is 8.32. The van der Waals surface area contributed by atoms with E-state index < -0.39 is 0 Å². The number of unbranched alkanes of at least 4 members (excludes halogenated alkanes) is 1. The highest BCUT2D eigenvalue weighted by atomic mass is 16.5. The van der Waals surface area contributed by atoms with Crippen molar-refractivity contribution in [3.8, 4) is 11.5 Å². The molecular formula is C18H31NO3. The molecule has 0 aliphatic rings. The molecule has 0 atom stereocenters. The van der Waals surface area contributed by atoms with Crippen LogP contribution in [-0.4, -0.2) is 50.5 Å². The van der Waals surface area contributed by atoms with E-state index >= 15 is 0 Å². The van der Waals surface area contributed by atoms with Gasteiger partial charge in [-0.05, 0) is 51.9 Å². The summed E-state index contributed by atoms with van der Waals surface area (Å²) in [6.45, 7) is 4.78. The minimum absolute atomic E-state index is 0.184. The van der Waals surface area contributed by atoms with Crippen molar-refractivity contribution in [1.82, 2.24) is 4.90 Å². The molecule has 126 valence electrons. The number of ether oxygens (including phenoxy) is 2. The molecule has 0 saturated carbocycles. The highest BCUT2D eigenvalue weighted by Crippen LogP contribution is 2.30. The van der Waals surface area contributed by atoms with Crippen molar-refractivity contribution in [1.29, 1.82) is 0 Å². The van der Waals surface area contributed by atoms with Crippen molar-refractivity contribution >= 4 is 0 Å². The smallest absolute Gasteiger partial charge is 0.126 e. The minimum Gasteiger partial charge on any atom is -0.493 e. The lowest BCUT2D eigenvalue weighted by atomic mass is 10.1. The van der Waals surface area contributed by atoms with Crippen molar-refractivity contribution in [3.63, 3.8) is 0 Å². The Balaban J connectivity index is 2.69. The zero-order valence-corrected chi connectivity index (χ0v) is 14.3. The van der Waals surface area contributed by atoms with Crippen LogP contribution in [0.25, 0.3) is 0 Å². The third-order valence-electron chi connectivity index (χ3n) is 3.44. The van der Waals surface area contributed by atoms with Gasteiger partial charge in [-0.15, -0.1) is 0 Å². The van der Waals surface area contributed by atoms with E-state index in [4.69, 9.17) is 14.6 Å². The average molecular weight is 309 g/mol. The van der Waals surface area contributed by atoms with Crippen LogP contribution in [0.2, 0.25) is 0 Å². The largest absolute Gasteiger partial charge is 0.493 e. The average Bonchev–Trinajstić information content (AvgIpc) is 2.50. The molecule has 1 aromatic rings. The molecule has 0 saturated heterocycles. The van der Waals surface area contributed by atoms with Crippen LogP contribution in [-0.2, 0) is 6.42 Å². The van der Waals surface area contributed by atoms with Gasteiger partial charge in [0.15, 0.2) is 0 Å². The maximum atomic E-state index is 9.11. The topological polar surface area (TPSA) is 41.9 Å². The van der Waals surface area contributed by atoms with Gasteiger partial charge in [-0.2, -0.15) is 0 Å². The summed E-state index contributed by atoms with van der Waals surface area (Å²) in [4.78, 5) is 2.15. The second-order valence-corrected chi connectivity index (χ2v) is 5.77. The van der Waals surface area contributed by atoms with Crippen molar-refractivity contribution in [2.24, 2.45) is 0 Å². The van der Waals surface area contributed by atoms with Gasteiger partial charge in [0.2, 0.25) is 0 Å². The Kier molecular flexibility index (Phi) is 9.67. The van der Waals surface area contributed by atoms with Crippen LogP contribution in [0.15, 0.2) is 18.2 Å². The summed E-state index contributed by atoms with van der Waals surface area (Å²) in [5.41, 5.74) is 1.08. The summed E-state index contributed by atoms with van der Waals surface area (Å²) < 4.78 is 11.8. The monoisotopic (exact) mass is 309 g/mol. The number of aliphatic hydroxyl groups is 1. The Bertz CT molecular complexity index is 407. The lowest BCUT2D eigenvalue weighted by molar-refractivity contribution is 0.266. The Hall–Kier alpha value is -1.26. The van der Waals surface area contributed by atoms with Crippen LogP contribution in [0.5, 0.6) is 11.5 Å². The summed E-state index contributed by atoms with van der Waals surface area (Å²) in [5, 5.41) is 9.11. The molecule has 0 amide bonds. The maximum Gasteiger partial charge on any atom is 0.126 e. The van der Waals surface area contributed by atoms with Crippen LogP contribution < -0.4 is 9.47 Å². The van der Waals surface area contributed by atoms with E-state index in [0.29, 0.717) is 6.61 Å². The second-order valence-electron chi connectivity index (χ2n) is 5.77. The van der Waals surface area contributed by atoms with E-state index in [1.165, 1.54) is 0 Å². The summed E-state index contributed by atoms with van der Waals surface area (Å²) in [7, 11) is 4.13. The quantitative estimate of drug-likeness (QED) is 0.602. The normalized spacial score (nSPS) is 11.0. The number of hydrogen-bond donors (Lipinski definition) is 1. The van der Waals surface area contributed by atoms with Crippen molar-refractivity contribution in [3.05, 3.63) is 23.8 Å². The first kappa shape index (κ1) is 18.8. The third-order valence-corrected chi connectivity index (χ3v) is 3.44. The molecule has 4 heteroatoms. The predicted molar refractivity (Wildman–Crippen MR) is 90.9 cm³/mol. The zero-order chi connectivity index (χ0) is 16.2. The molecule has 0 aliphatic carbocycles. The fourth-order valence-electron chi connectivity index (χ4n) is 2.21. The van der Waals surface area contributed by atoms with Crippen molar-refractivity contribution < 1.29 is 14.6 Å². The Labute approximate surface area is 135 Å². The first-order chi connectivity index (χ1) is 10.7. The maximum absolute atomic E-state index is 9.11. The molecule has 1 aromatic carbocycles. The van der Waals surface area contributed by atoms with Gasteiger partial charge < -0.3 is 19.5 Å². The molecule has 0 radical (unpaired) electrons. The standard InChI is InChI=1S/C18H31NO3/c1-4-5-14-21-17-10-6-11-18(16(17)9-7-13-20)22-15-8-12-19(2)3/h6,10-11,20H,4-5,7-9,12-15H2,1-3H3. The van der Waals surface area contributed by atoms with E-state index in [0.717, 1.165) is 62.3 Å². The molecular weight excluding hydrogens is 278 g/mol. The molecule has 0 spiro atoms. The predicted octanol–water partition coefficient (Wildman–Crippen LogP) is 3.12. The molecule has 0 aromatic heterocycles. The van der Waals surface area contributed by atoms with Gasteiger partial charge in [-0.25, -0.2) is 0 Å². The summed E-state index contributed by atoms with van der Waals surface area (Å²) in [6, 6.07) is 5.97. The SMILES string of the molecule is CCCCOc1cccc(OCCCN(C)C)c1CCCO. The minimum atomic E-state index is 0.184. The molecule has 1 rings (SSSR count). The molecule has 0 unspecified atom stereocenters. The summed E-state index contributed by atoms with van der Waals surface area (Å²) in [6.07, 6.45) is 4.66. The van der Waals surface area contributed by atoms with E-state index in [-0.39, 0.29) is 6.61 Å². The molecule has 0 aliphatic heterocycles. The molecule has 4 nitrogen and oxygen atoms in total. The van der Waals surface area contributed by atoms with Crippen LogP contribution in [0, 0.1) is 0 Å². The Morgan fingerprint density at radius 3 is 2.18 bits per heavy atom. The number of aliphatic hydroxyl groups excluding tert-OH is 1. The third kappa shape index (κ3) is 7.14. The van der Waals surface area contributed by atoms with E-state index in [9.17, 15) is 0 Å². The van der Waals surface area contributed by atoms with Gasteiger partial charge in [-0.1, -0.05) is 19.4 Å². The number of nitrogens with zero attached hydrogens (tertiary/aromatic N) is 1. The fourth-order valence-corrected chi connectivity index (χ4v) is 2.21. The fraction of sp³-hybridized carbons (Fsp3) is 0.667. The van der Waals surface area contributed by atoms with E-state index in [2.05, 4.69) is 25.9 Å². The van der Waals surface area contributed by atoms with Gasteiger partial charge in [0, 0.05) is 18.7 Å². The molecule has 0 heterocycles. The zero-order valence-electron chi connectivity index (χ0n) is 14.3.